The zero-order valence-electron chi connectivity index (χ0n) is 10.6. The Bertz CT molecular complexity index is 406. The zero-order chi connectivity index (χ0) is 12.5. The summed E-state index contributed by atoms with van der Waals surface area (Å²) >= 11 is 0. The van der Waals surface area contributed by atoms with Gasteiger partial charge < -0.3 is 10.2 Å². The molecule has 1 aromatic rings. The Morgan fingerprint density at radius 2 is 2.17 bits per heavy atom. The van der Waals surface area contributed by atoms with E-state index in [0.717, 1.165) is 19.4 Å². The van der Waals surface area contributed by atoms with Gasteiger partial charge in [-0.05, 0) is 32.6 Å². The minimum Gasteiger partial charge on any atom is -0.333 e. The van der Waals surface area contributed by atoms with Crippen molar-refractivity contribution in [2.24, 2.45) is 0 Å². The molecule has 2 N–H and O–H groups in total. The van der Waals surface area contributed by atoms with Crippen molar-refractivity contribution >= 4 is 5.91 Å². The highest BCUT2D eigenvalue weighted by Crippen LogP contribution is 2.30. The summed E-state index contributed by atoms with van der Waals surface area (Å²) in [5.74, 6) is 0.323. The maximum Gasteiger partial charge on any atom is 0.291 e. The van der Waals surface area contributed by atoms with Crippen LogP contribution in [0.5, 0.6) is 0 Å². The fourth-order valence-corrected chi connectivity index (χ4v) is 3.29. The van der Waals surface area contributed by atoms with Gasteiger partial charge in [0.15, 0.2) is 0 Å². The van der Waals surface area contributed by atoms with Crippen LogP contribution >= 0.6 is 0 Å². The number of nitrogens with zero attached hydrogens (tertiary/aromatic N) is 3. The average molecular weight is 249 g/mol. The number of carbonyl (C=O) groups is 1. The van der Waals surface area contributed by atoms with Gasteiger partial charge in [-0.15, -0.1) is 0 Å². The van der Waals surface area contributed by atoms with Crippen LogP contribution in [0.1, 0.15) is 43.2 Å². The summed E-state index contributed by atoms with van der Waals surface area (Å²) in [6, 6.07) is 1.52. The number of rotatable bonds is 3. The van der Waals surface area contributed by atoms with E-state index >= 15 is 0 Å². The van der Waals surface area contributed by atoms with Crippen molar-refractivity contribution in [3.63, 3.8) is 0 Å². The van der Waals surface area contributed by atoms with Crippen LogP contribution in [0.3, 0.4) is 0 Å². The molecule has 18 heavy (non-hydrogen) atoms. The lowest BCUT2D eigenvalue weighted by molar-refractivity contribution is 0.0619. The number of H-pyrrole nitrogens is 1. The Morgan fingerprint density at radius 1 is 1.44 bits per heavy atom. The zero-order valence-corrected chi connectivity index (χ0v) is 10.6. The maximum absolute atomic E-state index is 12.3. The van der Waals surface area contributed by atoms with Crippen LogP contribution in [-0.4, -0.2) is 50.7 Å². The highest BCUT2D eigenvalue weighted by Gasteiger charge is 2.37. The molecule has 6 heteroatoms. The molecule has 2 saturated heterocycles. The minimum absolute atomic E-state index is 0.0266. The normalized spacial score (nSPS) is 30.4. The van der Waals surface area contributed by atoms with Crippen molar-refractivity contribution in [3.05, 3.63) is 12.2 Å². The molecular weight excluding hydrogens is 230 g/mol. The third kappa shape index (κ3) is 2.01. The quantitative estimate of drug-likeness (QED) is 0.820. The summed E-state index contributed by atoms with van der Waals surface area (Å²) < 4.78 is 0. The highest BCUT2D eigenvalue weighted by molar-refractivity contribution is 5.90. The van der Waals surface area contributed by atoms with Crippen LogP contribution in [0, 0.1) is 0 Å². The van der Waals surface area contributed by atoms with Crippen LogP contribution in [0.25, 0.3) is 0 Å². The Kier molecular flexibility index (Phi) is 3.03. The lowest BCUT2D eigenvalue weighted by atomic mass is 9.98. The number of aromatic amines is 1. The number of amides is 1. The first-order valence-corrected chi connectivity index (χ1v) is 6.70. The SMILES string of the molecule is CCN(C(=O)c1ncn[nH]1)C1CC2CCC(C1)N2. The van der Waals surface area contributed by atoms with Crippen LogP contribution in [0.15, 0.2) is 6.33 Å². The molecule has 2 bridgehead atoms. The second kappa shape index (κ2) is 4.68. The summed E-state index contributed by atoms with van der Waals surface area (Å²) in [4.78, 5) is 18.2. The smallest absolute Gasteiger partial charge is 0.291 e. The van der Waals surface area contributed by atoms with Crippen molar-refractivity contribution in [2.75, 3.05) is 6.54 Å². The van der Waals surface area contributed by atoms with Crippen LogP contribution in [-0.2, 0) is 0 Å². The first-order chi connectivity index (χ1) is 8.78. The van der Waals surface area contributed by atoms with Crippen molar-refractivity contribution < 1.29 is 4.79 Å². The van der Waals surface area contributed by atoms with E-state index in [2.05, 4.69) is 20.5 Å². The standard InChI is InChI=1S/C12H19N5O/c1-2-17(12(18)11-13-7-14-16-11)10-5-8-3-4-9(6-10)15-8/h7-10,15H,2-6H2,1H3,(H,13,14,16). The molecule has 98 valence electrons. The summed E-state index contributed by atoms with van der Waals surface area (Å²) in [7, 11) is 0. The van der Waals surface area contributed by atoms with Gasteiger partial charge in [-0.2, -0.15) is 5.10 Å². The second-order valence-corrected chi connectivity index (χ2v) is 5.19. The molecule has 2 atom stereocenters. The van der Waals surface area contributed by atoms with E-state index in [0.29, 0.717) is 23.9 Å². The molecule has 3 heterocycles. The molecule has 0 saturated carbocycles. The molecule has 2 aliphatic rings. The summed E-state index contributed by atoms with van der Waals surface area (Å²) in [6.45, 7) is 2.75. The lowest BCUT2D eigenvalue weighted by Gasteiger charge is -2.36. The average Bonchev–Trinajstić information content (AvgIpc) is 3.00. The number of nitrogens with one attached hydrogen (secondary N) is 2. The number of fused-ring (bicyclic) bond motifs is 2. The van der Waals surface area contributed by atoms with Crippen LogP contribution in [0.2, 0.25) is 0 Å². The van der Waals surface area contributed by atoms with Crippen LogP contribution < -0.4 is 5.32 Å². The fourth-order valence-electron chi connectivity index (χ4n) is 3.29. The Hall–Kier alpha value is -1.43. The van der Waals surface area contributed by atoms with Crippen LogP contribution in [0.4, 0.5) is 0 Å². The molecule has 1 amide bonds. The predicted octanol–water partition coefficient (Wildman–Crippen LogP) is 0.550. The monoisotopic (exact) mass is 249 g/mol. The van der Waals surface area contributed by atoms with Gasteiger partial charge in [-0.3, -0.25) is 9.89 Å². The van der Waals surface area contributed by atoms with Gasteiger partial charge >= 0.3 is 0 Å². The first kappa shape index (κ1) is 11.6. The van der Waals surface area contributed by atoms with Gasteiger partial charge in [-0.1, -0.05) is 0 Å². The van der Waals surface area contributed by atoms with Gasteiger partial charge in [0.2, 0.25) is 5.82 Å². The van der Waals surface area contributed by atoms with Crippen molar-refractivity contribution in [1.82, 2.24) is 25.4 Å². The number of aromatic nitrogens is 3. The van der Waals surface area contributed by atoms with Crippen molar-refractivity contribution in [3.8, 4) is 0 Å². The third-order valence-electron chi connectivity index (χ3n) is 4.11. The van der Waals surface area contributed by atoms with E-state index in [4.69, 9.17) is 0 Å². The molecule has 0 spiro atoms. The Balaban J connectivity index is 1.74. The van der Waals surface area contributed by atoms with Gasteiger partial charge in [-0.25, -0.2) is 4.98 Å². The number of hydrogen-bond donors (Lipinski definition) is 2. The molecule has 6 nitrogen and oxygen atoms in total. The summed E-state index contributed by atoms with van der Waals surface area (Å²) in [6.07, 6.45) is 5.99. The summed E-state index contributed by atoms with van der Waals surface area (Å²) in [5, 5.41) is 10.0. The molecule has 3 rings (SSSR count). The van der Waals surface area contributed by atoms with Crippen molar-refractivity contribution in [2.45, 2.75) is 50.7 Å². The Morgan fingerprint density at radius 3 is 2.72 bits per heavy atom. The van der Waals surface area contributed by atoms with E-state index in [1.165, 1.54) is 19.2 Å². The highest BCUT2D eigenvalue weighted by atomic mass is 16.2. The lowest BCUT2D eigenvalue weighted by Crippen LogP contribution is -2.50. The molecular formula is C12H19N5O. The topological polar surface area (TPSA) is 73.9 Å². The fraction of sp³-hybridized carbons (Fsp3) is 0.750. The number of hydrogen-bond acceptors (Lipinski definition) is 4. The largest absolute Gasteiger partial charge is 0.333 e. The van der Waals surface area contributed by atoms with Gasteiger partial charge in [0.05, 0.1) is 0 Å². The maximum atomic E-state index is 12.3. The molecule has 0 radical (unpaired) electrons. The molecule has 2 fully saturated rings. The van der Waals surface area contributed by atoms with Gasteiger partial charge in [0, 0.05) is 24.7 Å². The first-order valence-electron chi connectivity index (χ1n) is 6.70. The van der Waals surface area contributed by atoms with E-state index < -0.39 is 0 Å². The molecule has 2 unspecified atom stereocenters. The second-order valence-electron chi connectivity index (χ2n) is 5.19. The number of carbonyl (C=O) groups excluding carboxylic acids is 1. The minimum atomic E-state index is -0.0266. The summed E-state index contributed by atoms with van der Waals surface area (Å²) in [5.41, 5.74) is 0. The molecule has 0 aliphatic carbocycles. The van der Waals surface area contributed by atoms with Crippen molar-refractivity contribution in [1.29, 1.82) is 0 Å². The van der Waals surface area contributed by atoms with E-state index in [1.807, 2.05) is 11.8 Å². The van der Waals surface area contributed by atoms with E-state index in [9.17, 15) is 4.79 Å². The van der Waals surface area contributed by atoms with Gasteiger partial charge in [0.25, 0.3) is 5.91 Å². The molecule has 0 aromatic carbocycles. The van der Waals surface area contributed by atoms with Gasteiger partial charge in [0.1, 0.15) is 6.33 Å². The predicted molar refractivity (Wildman–Crippen MR) is 66.1 cm³/mol. The third-order valence-corrected chi connectivity index (χ3v) is 4.11. The Labute approximate surface area is 106 Å². The van der Waals surface area contributed by atoms with E-state index in [-0.39, 0.29) is 5.91 Å². The van der Waals surface area contributed by atoms with E-state index in [1.54, 1.807) is 0 Å². The number of piperidine rings is 1. The molecule has 2 aliphatic heterocycles. The molecule has 1 aromatic heterocycles.